The van der Waals surface area contributed by atoms with Gasteiger partial charge in [-0.1, -0.05) is 41.6 Å². The van der Waals surface area contributed by atoms with Gasteiger partial charge in [-0.15, -0.1) is 0 Å². The second-order valence-corrected chi connectivity index (χ2v) is 7.79. The van der Waals surface area contributed by atoms with Crippen LogP contribution in [0.25, 0.3) is 0 Å². The van der Waals surface area contributed by atoms with Crippen LogP contribution in [-0.4, -0.2) is 16.8 Å². The highest BCUT2D eigenvalue weighted by molar-refractivity contribution is 8.13. The summed E-state index contributed by atoms with van der Waals surface area (Å²) in [7, 11) is 0. The van der Waals surface area contributed by atoms with Crippen LogP contribution in [0, 0.1) is 13.8 Å². The van der Waals surface area contributed by atoms with Gasteiger partial charge in [0.1, 0.15) is 0 Å². The van der Waals surface area contributed by atoms with E-state index < -0.39 is 0 Å². The predicted molar refractivity (Wildman–Crippen MR) is 106 cm³/mol. The summed E-state index contributed by atoms with van der Waals surface area (Å²) in [6.45, 7) is 6.06. The van der Waals surface area contributed by atoms with E-state index in [1.54, 1.807) is 11.8 Å². The van der Waals surface area contributed by atoms with Crippen LogP contribution >= 0.6 is 11.8 Å². The number of carbonyl (C=O) groups is 1. The first-order valence-electron chi connectivity index (χ1n) is 8.35. The number of hydrogen-bond donors (Lipinski definition) is 2. The molecular formula is C20H23N3OS. The zero-order valence-electron chi connectivity index (χ0n) is 14.8. The number of carbonyl (C=O) groups excluding carboxylic acids is 1. The first kappa shape index (κ1) is 17.5. The number of aryl methyl sites for hydroxylation is 2. The number of rotatable bonds is 3. The maximum Gasteiger partial charge on any atom is 0.255 e. The molecule has 1 aliphatic rings. The molecule has 0 radical (unpaired) electrons. The number of anilines is 1. The number of amides is 1. The monoisotopic (exact) mass is 353 g/mol. The number of amidine groups is 1. The molecule has 1 unspecified atom stereocenters. The van der Waals surface area contributed by atoms with Crippen LogP contribution in [-0.2, 0) is 5.54 Å². The zero-order chi connectivity index (χ0) is 18.0. The van der Waals surface area contributed by atoms with Gasteiger partial charge >= 0.3 is 0 Å². The molecule has 2 aromatic rings. The molecule has 0 aromatic heterocycles. The molecule has 0 aliphatic carbocycles. The van der Waals surface area contributed by atoms with E-state index >= 15 is 0 Å². The van der Waals surface area contributed by atoms with Crippen molar-refractivity contribution in [2.45, 2.75) is 32.7 Å². The average molecular weight is 353 g/mol. The summed E-state index contributed by atoms with van der Waals surface area (Å²) in [5.41, 5.74) is 10.2. The van der Waals surface area contributed by atoms with E-state index in [1.807, 2.05) is 56.3 Å². The van der Waals surface area contributed by atoms with E-state index in [2.05, 4.69) is 17.2 Å². The Morgan fingerprint density at radius 3 is 2.76 bits per heavy atom. The van der Waals surface area contributed by atoms with Crippen LogP contribution in [0.15, 0.2) is 47.5 Å². The second kappa shape index (κ2) is 6.92. The highest BCUT2D eigenvalue weighted by atomic mass is 32.2. The fraction of sp³-hybridized carbons (Fsp3) is 0.300. The van der Waals surface area contributed by atoms with Crippen LogP contribution in [0.2, 0.25) is 0 Å². The molecule has 0 fully saturated rings. The fourth-order valence-corrected chi connectivity index (χ4v) is 4.07. The van der Waals surface area contributed by atoms with Crippen molar-refractivity contribution < 1.29 is 4.79 Å². The van der Waals surface area contributed by atoms with Gasteiger partial charge in [0.2, 0.25) is 0 Å². The van der Waals surface area contributed by atoms with Gasteiger partial charge in [0, 0.05) is 17.0 Å². The van der Waals surface area contributed by atoms with Crippen molar-refractivity contribution in [3.8, 4) is 0 Å². The lowest BCUT2D eigenvalue weighted by Gasteiger charge is -2.30. The Kier molecular flexibility index (Phi) is 4.86. The zero-order valence-corrected chi connectivity index (χ0v) is 15.6. The van der Waals surface area contributed by atoms with Crippen LogP contribution in [0.1, 0.15) is 40.4 Å². The van der Waals surface area contributed by atoms with Crippen LogP contribution in [0.4, 0.5) is 5.69 Å². The van der Waals surface area contributed by atoms with E-state index in [-0.39, 0.29) is 11.4 Å². The summed E-state index contributed by atoms with van der Waals surface area (Å²) >= 11 is 1.59. The molecule has 0 saturated carbocycles. The Morgan fingerprint density at radius 2 is 2.04 bits per heavy atom. The first-order valence-corrected chi connectivity index (χ1v) is 9.33. The third-order valence-electron chi connectivity index (χ3n) is 4.56. The number of benzene rings is 2. The molecule has 1 atom stereocenters. The summed E-state index contributed by atoms with van der Waals surface area (Å²) < 4.78 is 0. The molecule has 25 heavy (non-hydrogen) atoms. The number of nitrogens with two attached hydrogens (primary N) is 1. The molecule has 0 saturated heterocycles. The minimum Gasteiger partial charge on any atom is -0.379 e. The molecule has 4 nitrogen and oxygen atoms in total. The lowest BCUT2D eigenvalue weighted by molar-refractivity contribution is 0.102. The topological polar surface area (TPSA) is 67.5 Å². The fourth-order valence-electron chi connectivity index (χ4n) is 3.09. The highest BCUT2D eigenvalue weighted by Gasteiger charge is 2.29. The summed E-state index contributed by atoms with van der Waals surface area (Å²) in [6, 6.07) is 13.7. The van der Waals surface area contributed by atoms with Crippen molar-refractivity contribution in [2.24, 2.45) is 10.7 Å². The SMILES string of the molecule is Cc1ccc(C(=O)Nc2cccc(C3(C)CCSC(N)=N3)c2)c(C)c1. The molecule has 5 heteroatoms. The van der Waals surface area contributed by atoms with Gasteiger partial charge in [-0.05, 0) is 56.5 Å². The Morgan fingerprint density at radius 1 is 1.24 bits per heavy atom. The minimum atomic E-state index is -0.337. The minimum absolute atomic E-state index is 0.0954. The van der Waals surface area contributed by atoms with Crippen molar-refractivity contribution in [1.29, 1.82) is 0 Å². The summed E-state index contributed by atoms with van der Waals surface area (Å²) in [4.78, 5) is 17.2. The van der Waals surface area contributed by atoms with Crippen molar-refractivity contribution in [3.63, 3.8) is 0 Å². The molecule has 3 N–H and O–H groups in total. The third kappa shape index (κ3) is 3.87. The lowest BCUT2D eigenvalue weighted by atomic mass is 9.89. The largest absolute Gasteiger partial charge is 0.379 e. The Hall–Kier alpha value is -2.27. The van der Waals surface area contributed by atoms with E-state index in [1.165, 1.54) is 0 Å². The lowest BCUT2D eigenvalue weighted by Crippen LogP contribution is -2.28. The first-order chi connectivity index (χ1) is 11.9. The van der Waals surface area contributed by atoms with Gasteiger partial charge in [-0.3, -0.25) is 9.79 Å². The molecule has 130 valence electrons. The number of nitrogens with zero attached hydrogens (tertiary/aromatic N) is 1. The van der Waals surface area contributed by atoms with Crippen molar-refractivity contribution in [3.05, 3.63) is 64.7 Å². The average Bonchev–Trinajstić information content (AvgIpc) is 2.54. The maximum absolute atomic E-state index is 12.6. The standard InChI is InChI=1S/C20H23N3OS/c1-13-7-8-17(14(2)11-13)18(24)22-16-6-4-5-15(12-16)20(3)9-10-25-19(21)23-20/h4-8,11-12H,9-10H2,1-3H3,(H2,21,23)(H,22,24). The van der Waals surface area contributed by atoms with Gasteiger partial charge in [-0.2, -0.15) is 0 Å². The Labute approximate surface area is 152 Å². The normalized spacial score (nSPS) is 20.0. The Bertz CT molecular complexity index is 847. The van der Waals surface area contributed by atoms with Crippen molar-refractivity contribution in [2.75, 3.05) is 11.1 Å². The molecule has 1 aliphatic heterocycles. The van der Waals surface area contributed by atoms with Gasteiger partial charge in [-0.25, -0.2) is 0 Å². The summed E-state index contributed by atoms with van der Waals surface area (Å²) in [5.74, 6) is 0.854. The predicted octanol–water partition coefficient (Wildman–Crippen LogP) is 4.22. The highest BCUT2D eigenvalue weighted by Crippen LogP contribution is 2.35. The Balaban J connectivity index is 1.85. The molecule has 2 aromatic carbocycles. The van der Waals surface area contributed by atoms with Crippen molar-refractivity contribution >= 4 is 28.5 Å². The maximum atomic E-state index is 12.6. The second-order valence-electron chi connectivity index (χ2n) is 6.68. The van der Waals surface area contributed by atoms with Crippen LogP contribution < -0.4 is 11.1 Å². The third-order valence-corrected chi connectivity index (χ3v) is 5.36. The van der Waals surface area contributed by atoms with Gasteiger partial charge < -0.3 is 11.1 Å². The van der Waals surface area contributed by atoms with Crippen molar-refractivity contribution in [1.82, 2.24) is 0 Å². The van der Waals surface area contributed by atoms with E-state index in [0.29, 0.717) is 10.7 Å². The van der Waals surface area contributed by atoms with E-state index in [4.69, 9.17) is 5.73 Å². The smallest absolute Gasteiger partial charge is 0.255 e. The van der Waals surface area contributed by atoms with Gasteiger partial charge in [0.25, 0.3) is 5.91 Å². The molecular weight excluding hydrogens is 330 g/mol. The molecule has 0 spiro atoms. The number of aliphatic imine (C=N–C) groups is 1. The number of hydrogen-bond acceptors (Lipinski definition) is 4. The van der Waals surface area contributed by atoms with Crippen LogP contribution in [0.3, 0.4) is 0 Å². The summed E-state index contributed by atoms with van der Waals surface area (Å²) in [6.07, 6.45) is 0.923. The molecule has 1 amide bonds. The van der Waals surface area contributed by atoms with Gasteiger partial charge in [0.05, 0.1) is 5.54 Å². The molecule has 0 bridgehead atoms. The van der Waals surface area contributed by atoms with Crippen LogP contribution in [0.5, 0.6) is 0 Å². The number of thioether (sulfide) groups is 1. The van der Waals surface area contributed by atoms with E-state index in [9.17, 15) is 4.79 Å². The van der Waals surface area contributed by atoms with E-state index in [0.717, 1.165) is 34.6 Å². The number of nitrogens with one attached hydrogen (secondary N) is 1. The summed E-state index contributed by atoms with van der Waals surface area (Å²) in [5, 5.41) is 3.63. The molecule has 3 rings (SSSR count). The quantitative estimate of drug-likeness (QED) is 0.868. The molecule has 1 heterocycles. The van der Waals surface area contributed by atoms with Gasteiger partial charge in [0.15, 0.2) is 5.17 Å².